The molecule has 0 fully saturated rings. The molecular formula is C10H21O5P. The van der Waals surface area contributed by atoms with Crippen LogP contribution in [0.4, 0.5) is 0 Å². The van der Waals surface area contributed by atoms with Crippen LogP contribution in [0.15, 0.2) is 24.8 Å². The van der Waals surface area contributed by atoms with Crippen molar-refractivity contribution in [3.8, 4) is 0 Å². The van der Waals surface area contributed by atoms with E-state index in [1.807, 2.05) is 12.2 Å². The van der Waals surface area contributed by atoms with Crippen LogP contribution in [0.1, 0.15) is 26.2 Å². The fraction of sp³-hybridized carbons (Fsp3) is 0.600. The van der Waals surface area contributed by atoms with Gasteiger partial charge < -0.3 is 19.4 Å². The summed E-state index contributed by atoms with van der Waals surface area (Å²) >= 11 is 0. The second kappa shape index (κ2) is 12.6. The zero-order valence-corrected chi connectivity index (χ0v) is 10.5. The van der Waals surface area contributed by atoms with Crippen LogP contribution in [0.3, 0.4) is 0 Å². The topological polar surface area (TPSA) is 87.0 Å². The lowest BCUT2D eigenvalue weighted by atomic mass is 10.3. The summed E-state index contributed by atoms with van der Waals surface area (Å²) in [6, 6.07) is 0. The van der Waals surface area contributed by atoms with Crippen molar-refractivity contribution in [3.63, 3.8) is 0 Å². The largest absolute Gasteiger partial charge is 0.466 e. The molecule has 96 valence electrons. The predicted octanol–water partition coefficient (Wildman–Crippen LogP) is 2.01. The molecule has 0 atom stereocenters. The summed E-state index contributed by atoms with van der Waals surface area (Å²) in [6.07, 6.45) is 9.34. The monoisotopic (exact) mass is 252 g/mol. The molecule has 0 rings (SSSR count). The minimum absolute atomic E-state index is 0.718. The van der Waals surface area contributed by atoms with E-state index in [2.05, 4.69) is 13.5 Å². The highest BCUT2D eigenvalue weighted by atomic mass is 31.2. The van der Waals surface area contributed by atoms with Crippen LogP contribution < -0.4 is 0 Å². The maximum Gasteiger partial charge on any atom is 0.466 e. The molecule has 6 heteroatoms. The summed E-state index contributed by atoms with van der Waals surface area (Å²) in [5.74, 6) is 0. The minimum Gasteiger partial charge on any atom is -0.377 e. The number of allylic oxidation sites excluding steroid dienone is 2. The molecule has 0 amide bonds. The van der Waals surface area contributed by atoms with Gasteiger partial charge in [0.15, 0.2) is 0 Å². The van der Waals surface area contributed by atoms with Gasteiger partial charge >= 0.3 is 7.82 Å². The van der Waals surface area contributed by atoms with Crippen molar-refractivity contribution >= 4 is 7.82 Å². The van der Waals surface area contributed by atoms with Crippen molar-refractivity contribution in [2.75, 3.05) is 13.2 Å². The molecule has 0 saturated heterocycles. The van der Waals surface area contributed by atoms with Crippen molar-refractivity contribution in [1.29, 1.82) is 0 Å². The predicted molar refractivity (Wildman–Crippen MR) is 63.9 cm³/mol. The molecule has 0 aromatic rings. The van der Waals surface area contributed by atoms with Gasteiger partial charge in [0.1, 0.15) is 0 Å². The smallest absolute Gasteiger partial charge is 0.377 e. The Kier molecular flexibility index (Phi) is 14.1. The SMILES string of the molecule is C=CC=CCOCCCCC.O=P(O)(O)O. The van der Waals surface area contributed by atoms with Gasteiger partial charge in [-0.05, 0) is 6.42 Å². The number of hydrogen-bond donors (Lipinski definition) is 3. The lowest BCUT2D eigenvalue weighted by Crippen LogP contribution is -1.93. The Morgan fingerprint density at radius 3 is 2.31 bits per heavy atom. The minimum atomic E-state index is -4.64. The van der Waals surface area contributed by atoms with E-state index in [0.717, 1.165) is 13.2 Å². The summed E-state index contributed by atoms with van der Waals surface area (Å²) < 4.78 is 14.2. The molecule has 16 heavy (non-hydrogen) atoms. The van der Waals surface area contributed by atoms with Crippen LogP contribution in [0, 0.1) is 0 Å². The Balaban J connectivity index is 0. The Morgan fingerprint density at radius 2 is 1.88 bits per heavy atom. The first-order valence-electron chi connectivity index (χ1n) is 5.05. The van der Waals surface area contributed by atoms with Crippen molar-refractivity contribution in [2.24, 2.45) is 0 Å². The molecule has 0 aromatic carbocycles. The third-order valence-corrected chi connectivity index (χ3v) is 1.38. The fourth-order valence-electron chi connectivity index (χ4n) is 0.757. The van der Waals surface area contributed by atoms with Crippen molar-refractivity contribution in [3.05, 3.63) is 24.8 Å². The molecule has 0 bridgehead atoms. The average Bonchev–Trinajstić information content (AvgIpc) is 2.14. The van der Waals surface area contributed by atoms with Crippen LogP contribution in [-0.4, -0.2) is 27.9 Å². The molecule has 0 heterocycles. The Bertz CT molecular complexity index is 213. The Labute approximate surface area is 96.7 Å². The molecule has 0 saturated carbocycles. The Hall–Kier alpha value is -0.450. The highest BCUT2D eigenvalue weighted by molar-refractivity contribution is 7.45. The molecule has 0 radical (unpaired) electrons. The van der Waals surface area contributed by atoms with Gasteiger partial charge in [0.05, 0.1) is 6.61 Å². The van der Waals surface area contributed by atoms with Gasteiger partial charge in [0.2, 0.25) is 0 Å². The molecule has 0 aliphatic rings. The van der Waals surface area contributed by atoms with Crippen LogP contribution in [0.25, 0.3) is 0 Å². The molecule has 3 N–H and O–H groups in total. The molecule has 0 aliphatic carbocycles. The summed E-state index contributed by atoms with van der Waals surface area (Å²) in [5.41, 5.74) is 0. The van der Waals surface area contributed by atoms with Crippen molar-refractivity contribution in [1.82, 2.24) is 0 Å². The van der Waals surface area contributed by atoms with Gasteiger partial charge in [-0.1, -0.05) is 44.6 Å². The lowest BCUT2D eigenvalue weighted by molar-refractivity contribution is 0.157. The van der Waals surface area contributed by atoms with Gasteiger partial charge in [0, 0.05) is 6.61 Å². The van der Waals surface area contributed by atoms with Crippen LogP contribution in [0.5, 0.6) is 0 Å². The quantitative estimate of drug-likeness (QED) is 0.366. The molecule has 0 spiro atoms. The van der Waals surface area contributed by atoms with Gasteiger partial charge in [-0.2, -0.15) is 0 Å². The van der Waals surface area contributed by atoms with Crippen LogP contribution in [-0.2, 0) is 9.30 Å². The number of unbranched alkanes of at least 4 members (excludes halogenated alkanes) is 2. The zero-order chi connectivity index (χ0) is 12.9. The molecular weight excluding hydrogens is 231 g/mol. The second-order valence-electron chi connectivity index (χ2n) is 2.96. The van der Waals surface area contributed by atoms with E-state index in [4.69, 9.17) is 24.0 Å². The van der Waals surface area contributed by atoms with Gasteiger partial charge in [-0.15, -0.1) is 0 Å². The first-order valence-corrected chi connectivity index (χ1v) is 6.62. The van der Waals surface area contributed by atoms with E-state index in [1.165, 1.54) is 19.3 Å². The standard InChI is InChI=1S/C10H18O.H3O4P/c1-3-5-7-9-11-10-8-6-4-2;1-5(2,3)4/h3,5,7H,1,4,6,8-10H2,2H3;(H3,1,2,3,4). The maximum atomic E-state index is 8.88. The first-order chi connectivity index (χ1) is 7.41. The summed E-state index contributed by atoms with van der Waals surface area (Å²) in [7, 11) is -4.64. The average molecular weight is 252 g/mol. The van der Waals surface area contributed by atoms with Gasteiger partial charge in [-0.25, -0.2) is 4.57 Å². The number of hydrogen-bond acceptors (Lipinski definition) is 2. The maximum absolute atomic E-state index is 8.88. The van der Waals surface area contributed by atoms with E-state index in [9.17, 15) is 0 Å². The van der Waals surface area contributed by atoms with E-state index in [-0.39, 0.29) is 0 Å². The first kappa shape index (κ1) is 17.9. The van der Waals surface area contributed by atoms with Crippen molar-refractivity contribution < 1.29 is 24.0 Å². The lowest BCUT2D eigenvalue weighted by Gasteiger charge is -1.98. The molecule has 5 nitrogen and oxygen atoms in total. The fourth-order valence-corrected chi connectivity index (χ4v) is 0.757. The summed E-state index contributed by atoms with van der Waals surface area (Å²) in [5, 5.41) is 0. The van der Waals surface area contributed by atoms with E-state index < -0.39 is 7.82 Å². The van der Waals surface area contributed by atoms with Crippen LogP contribution >= 0.6 is 7.82 Å². The normalized spacial score (nSPS) is 11.0. The molecule has 0 aliphatic heterocycles. The third kappa shape index (κ3) is 37.4. The van der Waals surface area contributed by atoms with Crippen molar-refractivity contribution in [2.45, 2.75) is 26.2 Å². The molecule has 0 unspecified atom stereocenters. The second-order valence-corrected chi connectivity index (χ2v) is 3.99. The van der Waals surface area contributed by atoms with Crippen LogP contribution in [0.2, 0.25) is 0 Å². The highest BCUT2D eigenvalue weighted by Gasteiger charge is 2.00. The number of rotatable bonds is 7. The summed E-state index contributed by atoms with van der Waals surface area (Å²) in [6.45, 7) is 7.36. The molecule has 0 aromatic heterocycles. The van der Waals surface area contributed by atoms with E-state index >= 15 is 0 Å². The third-order valence-electron chi connectivity index (χ3n) is 1.38. The number of ether oxygens (including phenoxy) is 1. The van der Waals surface area contributed by atoms with Gasteiger partial charge in [-0.3, -0.25) is 0 Å². The number of phosphoric acid groups is 1. The van der Waals surface area contributed by atoms with E-state index in [0.29, 0.717) is 0 Å². The highest BCUT2D eigenvalue weighted by Crippen LogP contribution is 2.25. The van der Waals surface area contributed by atoms with E-state index in [1.54, 1.807) is 6.08 Å². The Morgan fingerprint density at radius 1 is 1.31 bits per heavy atom. The van der Waals surface area contributed by atoms with Gasteiger partial charge in [0.25, 0.3) is 0 Å². The summed E-state index contributed by atoms with van der Waals surface area (Å²) in [4.78, 5) is 21.6. The zero-order valence-electron chi connectivity index (χ0n) is 9.58.